The zero-order valence-electron chi connectivity index (χ0n) is 24.0. The van der Waals surface area contributed by atoms with Gasteiger partial charge in [-0.15, -0.1) is 0 Å². The molecule has 2 saturated heterocycles. The van der Waals surface area contributed by atoms with Gasteiger partial charge in [0.2, 0.25) is 0 Å². The van der Waals surface area contributed by atoms with E-state index in [-0.39, 0.29) is 24.7 Å². The molecule has 4 aromatic rings. The number of carbonyl (C=O) groups is 1. The molecule has 1 amide bonds. The zero-order valence-corrected chi connectivity index (χ0v) is 24.9. The highest BCUT2D eigenvalue weighted by Crippen LogP contribution is 2.27. The van der Waals surface area contributed by atoms with Crippen LogP contribution in [0.5, 0.6) is 0 Å². The van der Waals surface area contributed by atoms with Crippen molar-refractivity contribution in [2.75, 3.05) is 31.1 Å². The van der Waals surface area contributed by atoms with Crippen molar-refractivity contribution in [1.29, 1.82) is 4.78 Å². The van der Waals surface area contributed by atoms with Crippen LogP contribution in [-0.2, 0) is 21.2 Å². The van der Waals surface area contributed by atoms with Crippen molar-refractivity contribution in [1.82, 2.24) is 24.6 Å². The second kappa shape index (κ2) is 11.4. The van der Waals surface area contributed by atoms with E-state index in [1.807, 2.05) is 43.3 Å². The molecule has 2 N–H and O–H groups in total. The molecule has 0 spiro atoms. The molecule has 0 saturated carbocycles. The average molecular weight is 586 g/mol. The molecule has 10 nitrogen and oxygen atoms in total. The van der Waals surface area contributed by atoms with E-state index in [4.69, 9.17) is 19.5 Å². The SMILES string of the molecule is Cc1ccc(C(=O)NCc2cc3nc(-c4cccc(N5C[C@@H](C)O[C@@H](C)C5)n4)ccc3cn2)cc1[S@@](=N)(=O)N1CCC1. The molecule has 5 heterocycles. The molecule has 0 unspecified atom stereocenters. The van der Waals surface area contributed by atoms with Crippen molar-refractivity contribution in [2.24, 2.45) is 0 Å². The van der Waals surface area contributed by atoms with Gasteiger partial charge >= 0.3 is 0 Å². The fourth-order valence-electron chi connectivity index (χ4n) is 5.40. The summed E-state index contributed by atoms with van der Waals surface area (Å²) in [5.41, 5.74) is 4.07. The molecule has 218 valence electrons. The van der Waals surface area contributed by atoms with E-state index in [1.54, 1.807) is 28.7 Å². The zero-order chi connectivity index (χ0) is 29.4. The molecule has 1 aromatic carbocycles. The van der Waals surface area contributed by atoms with E-state index in [0.717, 1.165) is 53.2 Å². The number of rotatable bonds is 7. The van der Waals surface area contributed by atoms with Gasteiger partial charge in [0.15, 0.2) is 0 Å². The first kappa shape index (κ1) is 28.2. The second-order valence-electron chi connectivity index (χ2n) is 11.1. The molecule has 0 aliphatic carbocycles. The molecular formula is C31H35N7O3S. The summed E-state index contributed by atoms with van der Waals surface area (Å²) in [6.07, 6.45) is 2.96. The summed E-state index contributed by atoms with van der Waals surface area (Å²) in [5.74, 6) is 0.589. The average Bonchev–Trinajstić information content (AvgIpc) is 2.94. The lowest BCUT2D eigenvalue weighted by Crippen LogP contribution is -2.45. The number of morpholine rings is 1. The first-order valence-electron chi connectivity index (χ1n) is 14.2. The summed E-state index contributed by atoms with van der Waals surface area (Å²) in [6, 6.07) is 16.8. The molecule has 2 aliphatic heterocycles. The van der Waals surface area contributed by atoms with E-state index in [2.05, 4.69) is 29.0 Å². The van der Waals surface area contributed by atoms with Gasteiger partial charge in [-0.3, -0.25) is 9.78 Å². The molecule has 0 radical (unpaired) electrons. The van der Waals surface area contributed by atoms with Gasteiger partial charge in [0.05, 0.1) is 46.2 Å². The highest BCUT2D eigenvalue weighted by atomic mass is 32.2. The van der Waals surface area contributed by atoms with E-state index in [9.17, 15) is 9.00 Å². The van der Waals surface area contributed by atoms with Crippen LogP contribution in [0.3, 0.4) is 0 Å². The van der Waals surface area contributed by atoms with Gasteiger partial charge in [0.25, 0.3) is 5.91 Å². The number of hydrogen-bond donors (Lipinski definition) is 2. The Balaban J connectivity index is 1.18. The van der Waals surface area contributed by atoms with E-state index < -0.39 is 9.92 Å². The number of benzene rings is 1. The van der Waals surface area contributed by atoms with Gasteiger partial charge in [-0.25, -0.2) is 23.3 Å². The third kappa shape index (κ3) is 5.72. The van der Waals surface area contributed by atoms with Crippen molar-refractivity contribution in [3.8, 4) is 11.4 Å². The molecule has 2 fully saturated rings. The molecule has 3 aromatic heterocycles. The predicted molar refractivity (Wildman–Crippen MR) is 163 cm³/mol. The third-order valence-corrected chi connectivity index (χ3v) is 9.86. The summed E-state index contributed by atoms with van der Waals surface area (Å²) in [6.45, 7) is 9.02. The van der Waals surface area contributed by atoms with Crippen LogP contribution in [0.15, 0.2) is 65.7 Å². The minimum Gasteiger partial charge on any atom is -0.372 e. The first-order chi connectivity index (χ1) is 20.2. The van der Waals surface area contributed by atoms with Crippen molar-refractivity contribution in [3.63, 3.8) is 0 Å². The lowest BCUT2D eigenvalue weighted by molar-refractivity contribution is -0.00545. The minimum absolute atomic E-state index is 0.141. The lowest BCUT2D eigenvalue weighted by atomic mass is 10.1. The van der Waals surface area contributed by atoms with E-state index >= 15 is 0 Å². The van der Waals surface area contributed by atoms with Crippen LogP contribution in [-0.4, -0.2) is 67.8 Å². The maximum Gasteiger partial charge on any atom is 0.251 e. The number of nitrogens with zero attached hydrogens (tertiary/aromatic N) is 5. The van der Waals surface area contributed by atoms with Crippen molar-refractivity contribution >= 4 is 32.5 Å². The van der Waals surface area contributed by atoms with Crippen molar-refractivity contribution in [3.05, 3.63) is 77.6 Å². The number of carbonyl (C=O) groups excluding carboxylic acids is 1. The Kier molecular flexibility index (Phi) is 7.65. The molecule has 2 aliphatic rings. The summed E-state index contributed by atoms with van der Waals surface area (Å²) >= 11 is 0. The molecule has 42 heavy (non-hydrogen) atoms. The van der Waals surface area contributed by atoms with Crippen LogP contribution in [0.25, 0.3) is 22.3 Å². The number of fused-ring (bicyclic) bond motifs is 1. The Bertz CT molecular complexity index is 1750. The smallest absolute Gasteiger partial charge is 0.251 e. The maximum absolute atomic E-state index is 13.2. The van der Waals surface area contributed by atoms with Crippen molar-refractivity contribution < 1.29 is 13.7 Å². The number of aromatic nitrogens is 3. The number of amides is 1. The Labute approximate surface area is 246 Å². The van der Waals surface area contributed by atoms with Gasteiger partial charge < -0.3 is 15.0 Å². The molecular weight excluding hydrogens is 550 g/mol. The van der Waals surface area contributed by atoms with Crippen LogP contribution >= 0.6 is 0 Å². The fraction of sp³-hybridized carbons (Fsp3) is 0.355. The lowest BCUT2D eigenvalue weighted by Gasteiger charge is -2.36. The van der Waals surface area contributed by atoms with Crippen LogP contribution < -0.4 is 10.2 Å². The Hall–Kier alpha value is -3.93. The quantitative estimate of drug-likeness (QED) is 0.326. The maximum atomic E-state index is 13.2. The fourth-order valence-corrected chi connectivity index (χ4v) is 7.24. The number of pyridine rings is 3. The first-order valence-corrected chi connectivity index (χ1v) is 15.7. The molecule has 6 rings (SSSR count). The number of ether oxygens (including phenoxy) is 1. The molecule has 3 atom stereocenters. The topological polar surface area (TPSA) is 124 Å². The van der Waals surface area contributed by atoms with Crippen molar-refractivity contribution in [2.45, 2.75) is 50.8 Å². The summed E-state index contributed by atoms with van der Waals surface area (Å²) in [7, 11) is -3.10. The number of hydrogen-bond acceptors (Lipinski definition) is 8. The minimum atomic E-state index is -3.10. The van der Waals surface area contributed by atoms with Crippen LogP contribution in [0.2, 0.25) is 0 Å². The standard InChI is InChI=1S/C31H35N7O3S/c1-20-8-9-23(14-29(20)42(32,40)38-12-5-13-38)31(39)34-17-25-15-28-24(16-33-25)10-11-27(35-28)26-6-4-7-30(36-26)37-18-21(2)41-22(3)19-37/h4,6-11,14-16,21-22,32H,5,12-13,17-19H2,1-3H3,(H,34,39)/t21-,22+,42-/m0/s1. The Morgan fingerprint density at radius 3 is 2.55 bits per heavy atom. The largest absolute Gasteiger partial charge is 0.372 e. The monoisotopic (exact) mass is 585 g/mol. The number of aryl methyl sites for hydroxylation is 1. The predicted octanol–water partition coefficient (Wildman–Crippen LogP) is 4.57. The van der Waals surface area contributed by atoms with Gasteiger partial charge in [-0.2, -0.15) is 0 Å². The normalized spacial score (nSPS) is 20.6. The van der Waals surface area contributed by atoms with Crippen LogP contribution in [0.4, 0.5) is 5.82 Å². The highest BCUT2D eigenvalue weighted by molar-refractivity contribution is 7.90. The Morgan fingerprint density at radius 2 is 1.81 bits per heavy atom. The van der Waals surface area contributed by atoms with E-state index in [0.29, 0.717) is 29.2 Å². The second-order valence-corrected chi connectivity index (χ2v) is 13.1. The summed E-state index contributed by atoms with van der Waals surface area (Å²) < 4.78 is 29.2. The molecule has 11 heteroatoms. The van der Waals surface area contributed by atoms with Gasteiger partial charge in [0, 0.05) is 43.3 Å². The third-order valence-electron chi connectivity index (χ3n) is 7.73. The Morgan fingerprint density at radius 1 is 1.05 bits per heavy atom. The summed E-state index contributed by atoms with van der Waals surface area (Å²) in [5, 5.41) is 3.80. The number of anilines is 1. The van der Waals surface area contributed by atoms with Crippen LogP contribution in [0, 0.1) is 11.7 Å². The highest BCUT2D eigenvalue weighted by Gasteiger charge is 2.28. The van der Waals surface area contributed by atoms with Crippen LogP contribution in [0.1, 0.15) is 41.9 Å². The van der Waals surface area contributed by atoms with Gasteiger partial charge in [0.1, 0.15) is 15.7 Å². The molecule has 0 bridgehead atoms. The number of nitrogens with one attached hydrogen (secondary N) is 2. The van der Waals surface area contributed by atoms with Gasteiger partial charge in [-0.05, 0) is 75.2 Å². The van der Waals surface area contributed by atoms with E-state index in [1.165, 1.54) is 0 Å². The summed E-state index contributed by atoms with van der Waals surface area (Å²) in [4.78, 5) is 30.0. The van der Waals surface area contributed by atoms with Gasteiger partial charge in [-0.1, -0.05) is 12.1 Å².